The van der Waals surface area contributed by atoms with Crippen LogP contribution in [-0.4, -0.2) is 55.9 Å². The Morgan fingerprint density at radius 3 is 2.33 bits per heavy atom. The van der Waals surface area contributed by atoms with Crippen LogP contribution >= 0.6 is 0 Å². The number of nitrogens with zero attached hydrogens (tertiary/aromatic N) is 5. The zero-order valence-corrected chi connectivity index (χ0v) is 20.6. The number of rotatable bonds is 4. The highest BCUT2D eigenvalue weighted by Crippen LogP contribution is 2.40. The summed E-state index contributed by atoms with van der Waals surface area (Å²) in [6, 6.07) is 8.59. The molecule has 1 aromatic heterocycles. The fourth-order valence-corrected chi connectivity index (χ4v) is 4.50. The van der Waals surface area contributed by atoms with Crippen molar-refractivity contribution in [3.8, 4) is 0 Å². The second-order valence-corrected chi connectivity index (χ2v) is 9.52. The number of aromatic nitrogens is 2. The summed E-state index contributed by atoms with van der Waals surface area (Å²) in [5, 5.41) is 3.33. The number of carbonyl (C=O) groups excluding carboxylic acids is 2. The maximum Gasteiger partial charge on any atom is 0.234 e. The lowest BCUT2D eigenvalue weighted by molar-refractivity contribution is -0.125. The number of amides is 1. The van der Waals surface area contributed by atoms with Crippen LogP contribution in [0.2, 0.25) is 0 Å². The summed E-state index contributed by atoms with van der Waals surface area (Å²) >= 11 is 0. The van der Waals surface area contributed by atoms with Crippen LogP contribution in [0.15, 0.2) is 30.5 Å². The van der Waals surface area contributed by atoms with Crippen LogP contribution in [0, 0.1) is 5.41 Å². The van der Waals surface area contributed by atoms with Gasteiger partial charge in [0.2, 0.25) is 11.9 Å². The fourth-order valence-electron chi connectivity index (χ4n) is 4.50. The zero-order chi connectivity index (χ0) is 24.2. The molecule has 4 rings (SSSR count). The maximum absolute atomic E-state index is 13.1. The average molecular weight is 453 g/mol. The largest absolute Gasteiger partial charge is 0.378 e. The van der Waals surface area contributed by atoms with Crippen molar-refractivity contribution in [3.05, 3.63) is 30.5 Å². The Labute approximate surface area is 197 Å². The van der Waals surface area contributed by atoms with Crippen molar-refractivity contribution in [1.82, 2.24) is 9.97 Å². The molecule has 1 saturated carbocycles. The molecule has 1 aromatic carbocycles. The first-order chi connectivity index (χ1) is 15.7. The molecule has 0 radical (unpaired) electrons. The standard InChI is InChI=1S/C23H32N6O.C2H4O/c1-23(2)15-29(18-8-6-7-9-18)20-19(28(5)21(23)30)14-24-22(26-20)25-16-10-12-17(13-11-16)27(3)4;1-2-3/h10-14,18H,6-9,15H2,1-5H3,(H,24,25,26);2H,1H3. The van der Waals surface area contributed by atoms with Gasteiger partial charge in [0, 0.05) is 45.1 Å². The summed E-state index contributed by atoms with van der Waals surface area (Å²) in [6.07, 6.45) is 7.28. The zero-order valence-electron chi connectivity index (χ0n) is 20.6. The molecular weight excluding hydrogens is 416 g/mol. The van der Waals surface area contributed by atoms with Crippen LogP contribution in [0.3, 0.4) is 0 Å². The van der Waals surface area contributed by atoms with Gasteiger partial charge >= 0.3 is 0 Å². The number of hydrogen-bond acceptors (Lipinski definition) is 7. The van der Waals surface area contributed by atoms with Crippen LogP contribution in [-0.2, 0) is 9.59 Å². The third-order valence-electron chi connectivity index (χ3n) is 6.24. The molecule has 0 unspecified atom stereocenters. The minimum absolute atomic E-state index is 0.104. The van der Waals surface area contributed by atoms with Gasteiger partial charge < -0.3 is 24.8 Å². The van der Waals surface area contributed by atoms with E-state index in [1.54, 1.807) is 11.1 Å². The van der Waals surface area contributed by atoms with E-state index in [-0.39, 0.29) is 5.91 Å². The molecule has 1 aliphatic heterocycles. The van der Waals surface area contributed by atoms with Crippen molar-refractivity contribution in [3.63, 3.8) is 0 Å². The molecule has 2 aliphatic rings. The molecule has 8 nitrogen and oxygen atoms in total. The molecule has 8 heteroatoms. The molecule has 1 fully saturated rings. The van der Waals surface area contributed by atoms with Gasteiger partial charge in [-0.25, -0.2) is 4.98 Å². The van der Waals surface area contributed by atoms with Crippen molar-refractivity contribution in [2.24, 2.45) is 5.41 Å². The van der Waals surface area contributed by atoms with E-state index in [0.717, 1.165) is 42.0 Å². The van der Waals surface area contributed by atoms with Crippen LogP contribution in [0.4, 0.5) is 28.8 Å². The van der Waals surface area contributed by atoms with Gasteiger partial charge in [0.25, 0.3) is 0 Å². The van der Waals surface area contributed by atoms with Crippen molar-refractivity contribution < 1.29 is 9.59 Å². The van der Waals surface area contributed by atoms with Crippen molar-refractivity contribution in [2.75, 3.05) is 47.7 Å². The Morgan fingerprint density at radius 1 is 1.15 bits per heavy atom. The van der Waals surface area contributed by atoms with Gasteiger partial charge in [-0.05, 0) is 57.9 Å². The summed E-state index contributed by atoms with van der Waals surface area (Å²) in [7, 11) is 5.88. The van der Waals surface area contributed by atoms with Gasteiger partial charge in [-0.3, -0.25) is 4.79 Å². The Balaban J connectivity index is 0.000000968. The molecule has 2 heterocycles. The monoisotopic (exact) mass is 452 g/mol. The van der Waals surface area contributed by atoms with E-state index in [1.807, 2.05) is 47.1 Å². The summed E-state index contributed by atoms with van der Waals surface area (Å²) in [5.74, 6) is 1.51. The van der Waals surface area contributed by atoms with E-state index in [4.69, 9.17) is 9.78 Å². The van der Waals surface area contributed by atoms with Crippen molar-refractivity contribution >= 4 is 41.0 Å². The van der Waals surface area contributed by atoms with E-state index in [2.05, 4.69) is 32.2 Å². The molecular formula is C25H36N6O2. The minimum atomic E-state index is -0.479. The number of fused-ring (bicyclic) bond motifs is 1. The second-order valence-electron chi connectivity index (χ2n) is 9.52. The van der Waals surface area contributed by atoms with Crippen molar-refractivity contribution in [2.45, 2.75) is 52.5 Å². The molecule has 178 valence electrons. The molecule has 1 amide bonds. The highest BCUT2D eigenvalue weighted by molar-refractivity contribution is 6.00. The molecule has 0 spiro atoms. The Bertz CT molecular complexity index is 967. The lowest BCUT2D eigenvalue weighted by atomic mass is 9.91. The topological polar surface area (TPSA) is 81.7 Å². The van der Waals surface area contributed by atoms with E-state index in [0.29, 0.717) is 18.5 Å². The van der Waals surface area contributed by atoms with E-state index in [1.165, 1.54) is 19.8 Å². The van der Waals surface area contributed by atoms with Gasteiger partial charge in [-0.15, -0.1) is 0 Å². The number of benzene rings is 1. The minimum Gasteiger partial charge on any atom is -0.378 e. The molecule has 0 saturated heterocycles. The summed E-state index contributed by atoms with van der Waals surface area (Å²) in [5.41, 5.74) is 2.38. The predicted octanol–water partition coefficient (Wildman–Crippen LogP) is 4.24. The second kappa shape index (κ2) is 10.2. The van der Waals surface area contributed by atoms with Crippen LogP contribution < -0.4 is 20.0 Å². The SMILES string of the molecule is CC=O.CN(C)c1ccc(Nc2ncc3c(n2)N(C2CCCC2)CC(C)(C)C(=O)N3C)cc1. The summed E-state index contributed by atoms with van der Waals surface area (Å²) < 4.78 is 0. The molecule has 0 atom stereocenters. The summed E-state index contributed by atoms with van der Waals surface area (Å²) in [4.78, 5) is 37.5. The predicted molar refractivity (Wildman–Crippen MR) is 135 cm³/mol. The third-order valence-corrected chi connectivity index (χ3v) is 6.24. The lowest BCUT2D eigenvalue weighted by Crippen LogP contribution is -2.45. The van der Waals surface area contributed by atoms with Gasteiger partial charge in [0.1, 0.15) is 12.0 Å². The van der Waals surface area contributed by atoms with E-state index in [9.17, 15) is 4.79 Å². The van der Waals surface area contributed by atoms with E-state index >= 15 is 0 Å². The highest BCUT2D eigenvalue weighted by atomic mass is 16.2. The first-order valence-corrected chi connectivity index (χ1v) is 11.5. The van der Waals surface area contributed by atoms with Crippen LogP contribution in [0.5, 0.6) is 0 Å². The number of hydrogen-bond donors (Lipinski definition) is 1. The molecule has 2 aromatic rings. The van der Waals surface area contributed by atoms with E-state index < -0.39 is 5.41 Å². The molecule has 33 heavy (non-hydrogen) atoms. The molecule has 1 N–H and O–H groups in total. The maximum atomic E-state index is 13.1. The highest BCUT2D eigenvalue weighted by Gasteiger charge is 2.41. The lowest BCUT2D eigenvalue weighted by Gasteiger charge is -2.34. The molecule has 0 bridgehead atoms. The normalized spacial score (nSPS) is 17.6. The van der Waals surface area contributed by atoms with Gasteiger partial charge in [-0.1, -0.05) is 12.8 Å². The van der Waals surface area contributed by atoms with Crippen LogP contribution in [0.1, 0.15) is 46.5 Å². The first kappa shape index (κ1) is 24.5. The smallest absolute Gasteiger partial charge is 0.234 e. The Morgan fingerprint density at radius 2 is 1.76 bits per heavy atom. The first-order valence-electron chi connectivity index (χ1n) is 11.5. The third kappa shape index (κ3) is 5.43. The van der Waals surface area contributed by atoms with Gasteiger partial charge in [0.05, 0.1) is 11.6 Å². The number of nitrogens with one attached hydrogen (secondary N) is 1. The Hall–Kier alpha value is -3.16. The Kier molecular flexibility index (Phi) is 7.56. The van der Waals surface area contributed by atoms with Gasteiger partial charge in [0.15, 0.2) is 5.82 Å². The average Bonchev–Trinajstić information content (AvgIpc) is 3.30. The number of carbonyl (C=O) groups is 2. The molecule has 1 aliphatic carbocycles. The fraction of sp³-hybridized carbons (Fsp3) is 0.520. The number of anilines is 5. The quantitative estimate of drug-likeness (QED) is 0.695. The van der Waals surface area contributed by atoms with Crippen molar-refractivity contribution in [1.29, 1.82) is 0 Å². The number of aldehydes is 1. The summed E-state index contributed by atoms with van der Waals surface area (Å²) in [6.45, 7) is 6.17. The van der Waals surface area contributed by atoms with Gasteiger partial charge in [-0.2, -0.15) is 4.98 Å². The van der Waals surface area contributed by atoms with Crippen LogP contribution in [0.25, 0.3) is 0 Å².